The van der Waals surface area contributed by atoms with Crippen molar-refractivity contribution in [3.63, 3.8) is 0 Å². The Morgan fingerprint density at radius 3 is 2.62 bits per heavy atom. The van der Waals surface area contributed by atoms with Gasteiger partial charge in [0.1, 0.15) is 0 Å². The van der Waals surface area contributed by atoms with Gasteiger partial charge < -0.3 is 9.47 Å². The summed E-state index contributed by atoms with van der Waals surface area (Å²) in [5, 5.41) is 5.01. The van der Waals surface area contributed by atoms with Crippen LogP contribution in [0.3, 0.4) is 0 Å². The number of nitrogens with zero attached hydrogens (tertiary/aromatic N) is 4. The van der Waals surface area contributed by atoms with Crippen LogP contribution in [0.15, 0.2) is 54.7 Å². The molecule has 0 N–H and O–H groups in total. The van der Waals surface area contributed by atoms with Crippen molar-refractivity contribution >= 4 is 0 Å². The van der Waals surface area contributed by atoms with Crippen LogP contribution >= 0.6 is 0 Å². The maximum atomic E-state index is 5.63. The van der Waals surface area contributed by atoms with E-state index in [0.29, 0.717) is 6.04 Å². The van der Waals surface area contributed by atoms with Crippen molar-refractivity contribution in [2.45, 2.75) is 39.4 Å². The Hall–Kier alpha value is -2.83. The molecule has 2 aromatic carbocycles. The zero-order valence-corrected chi connectivity index (χ0v) is 19.0. The molecule has 5 rings (SSSR count). The van der Waals surface area contributed by atoms with Gasteiger partial charge in [0, 0.05) is 43.0 Å². The van der Waals surface area contributed by atoms with Crippen LogP contribution < -0.4 is 9.47 Å². The molecule has 0 unspecified atom stereocenters. The van der Waals surface area contributed by atoms with Crippen LogP contribution in [0.1, 0.15) is 31.4 Å². The van der Waals surface area contributed by atoms with Gasteiger partial charge in [-0.3, -0.25) is 14.5 Å². The molecule has 0 spiro atoms. The van der Waals surface area contributed by atoms with E-state index in [4.69, 9.17) is 14.6 Å². The van der Waals surface area contributed by atoms with Gasteiger partial charge in [0.05, 0.1) is 12.2 Å². The van der Waals surface area contributed by atoms with Crippen LogP contribution in [0.4, 0.5) is 0 Å². The van der Waals surface area contributed by atoms with Gasteiger partial charge in [-0.15, -0.1) is 0 Å². The lowest BCUT2D eigenvalue weighted by Crippen LogP contribution is -2.37. The number of benzene rings is 2. The predicted molar refractivity (Wildman–Crippen MR) is 126 cm³/mol. The molecule has 1 atom stereocenters. The molecule has 2 aliphatic rings. The minimum absolute atomic E-state index is 0.286. The number of likely N-dealkylation sites (N-methyl/N-ethyl adjacent to an activating group) is 1. The lowest BCUT2D eigenvalue weighted by Gasteiger charge is -2.26. The third kappa shape index (κ3) is 4.38. The van der Waals surface area contributed by atoms with Crippen LogP contribution in [-0.2, 0) is 13.1 Å². The fourth-order valence-electron chi connectivity index (χ4n) is 4.95. The average molecular weight is 433 g/mol. The summed E-state index contributed by atoms with van der Waals surface area (Å²) >= 11 is 0. The summed E-state index contributed by atoms with van der Waals surface area (Å²) < 4.78 is 13.2. The minimum Gasteiger partial charge on any atom is -0.454 e. The zero-order chi connectivity index (χ0) is 21.9. The Bertz CT molecular complexity index is 1050. The number of hydrogen-bond acceptors (Lipinski definition) is 5. The molecule has 1 aromatic heterocycles. The first kappa shape index (κ1) is 21.0. The molecule has 0 radical (unpaired) electrons. The van der Waals surface area contributed by atoms with E-state index in [2.05, 4.69) is 77.0 Å². The number of likely N-dealkylation sites (tertiary alicyclic amines) is 1. The Morgan fingerprint density at radius 1 is 1.00 bits per heavy atom. The molecule has 1 fully saturated rings. The molecular weight excluding hydrogens is 400 g/mol. The van der Waals surface area contributed by atoms with Crippen molar-refractivity contribution in [2.24, 2.45) is 0 Å². The molecule has 32 heavy (non-hydrogen) atoms. The maximum Gasteiger partial charge on any atom is 0.231 e. The Morgan fingerprint density at radius 2 is 1.81 bits per heavy atom. The summed E-state index contributed by atoms with van der Waals surface area (Å²) in [6.45, 7) is 11.0. The number of fused-ring (bicyclic) bond motifs is 1. The fraction of sp³-hybridized carbons (Fsp3) is 0.423. The molecule has 0 aliphatic carbocycles. The van der Waals surface area contributed by atoms with Crippen molar-refractivity contribution < 1.29 is 9.47 Å². The summed E-state index contributed by atoms with van der Waals surface area (Å²) in [6.07, 6.45) is 3.46. The van der Waals surface area contributed by atoms with Crippen molar-refractivity contribution in [2.75, 3.05) is 33.0 Å². The molecule has 6 nitrogen and oxygen atoms in total. The van der Waals surface area contributed by atoms with Crippen molar-refractivity contribution in [3.05, 3.63) is 65.9 Å². The topological polar surface area (TPSA) is 42.8 Å². The maximum absolute atomic E-state index is 5.63. The van der Waals surface area contributed by atoms with E-state index in [9.17, 15) is 0 Å². The van der Waals surface area contributed by atoms with Crippen LogP contribution in [0.25, 0.3) is 11.3 Å². The molecular formula is C26H32N4O2. The zero-order valence-electron chi connectivity index (χ0n) is 19.0. The van der Waals surface area contributed by atoms with Gasteiger partial charge in [-0.25, -0.2) is 0 Å². The second kappa shape index (κ2) is 9.35. The van der Waals surface area contributed by atoms with Gasteiger partial charge in [0.25, 0.3) is 0 Å². The summed E-state index contributed by atoms with van der Waals surface area (Å²) in [4.78, 5) is 5.15. The summed E-state index contributed by atoms with van der Waals surface area (Å²) in [7, 11) is 0. The average Bonchev–Trinajstić information content (AvgIpc) is 3.55. The third-order valence-electron chi connectivity index (χ3n) is 6.64. The predicted octanol–water partition coefficient (Wildman–Crippen LogP) is 4.24. The summed E-state index contributed by atoms with van der Waals surface area (Å²) in [5.41, 5.74) is 4.63. The number of rotatable bonds is 8. The van der Waals surface area contributed by atoms with Crippen LogP contribution in [-0.4, -0.2) is 58.6 Å². The normalized spacial score (nSPS) is 18.0. The molecule has 3 aromatic rings. The highest BCUT2D eigenvalue weighted by molar-refractivity contribution is 5.67. The quantitative estimate of drug-likeness (QED) is 0.533. The molecule has 6 heteroatoms. The van der Waals surface area contributed by atoms with Crippen LogP contribution in [0.2, 0.25) is 0 Å². The van der Waals surface area contributed by atoms with Gasteiger partial charge in [-0.05, 0) is 43.3 Å². The summed E-state index contributed by atoms with van der Waals surface area (Å²) in [6, 6.07) is 17.3. The highest BCUT2D eigenvalue weighted by Gasteiger charge is 2.27. The van der Waals surface area contributed by atoms with Crippen LogP contribution in [0, 0.1) is 0 Å². The van der Waals surface area contributed by atoms with Gasteiger partial charge in [0.2, 0.25) is 6.79 Å². The van der Waals surface area contributed by atoms with Crippen molar-refractivity contribution in [1.82, 2.24) is 19.6 Å². The first-order valence-corrected chi connectivity index (χ1v) is 11.7. The van der Waals surface area contributed by atoms with E-state index in [0.717, 1.165) is 62.0 Å². The first-order valence-electron chi connectivity index (χ1n) is 11.7. The van der Waals surface area contributed by atoms with E-state index < -0.39 is 0 Å². The van der Waals surface area contributed by atoms with E-state index in [1.807, 2.05) is 6.07 Å². The minimum atomic E-state index is 0.286. The number of ether oxygens (including phenoxy) is 2. The highest BCUT2D eigenvalue weighted by atomic mass is 16.7. The Labute approximate surface area is 190 Å². The molecule has 0 bridgehead atoms. The Kier molecular flexibility index (Phi) is 6.14. The molecule has 3 heterocycles. The van der Waals surface area contributed by atoms with E-state index in [-0.39, 0.29) is 6.79 Å². The second-order valence-corrected chi connectivity index (χ2v) is 8.65. The largest absolute Gasteiger partial charge is 0.454 e. The van der Waals surface area contributed by atoms with Crippen molar-refractivity contribution in [1.29, 1.82) is 0 Å². The van der Waals surface area contributed by atoms with Crippen molar-refractivity contribution in [3.8, 4) is 22.8 Å². The van der Waals surface area contributed by atoms with Gasteiger partial charge >= 0.3 is 0 Å². The lowest BCUT2D eigenvalue weighted by molar-refractivity contribution is 0.174. The smallest absolute Gasteiger partial charge is 0.231 e. The Balaban J connectivity index is 1.41. The van der Waals surface area contributed by atoms with E-state index >= 15 is 0 Å². The number of aromatic nitrogens is 2. The number of hydrogen-bond donors (Lipinski definition) is 0. The molecule has 0 amide bonds. The highest BCUT2D eigenvalue weighted by Crippen LogP contribution is 2.36. The van der Waals surface area contributed by atoms with E-state index in [1.165, 1.54) is 17.5 Å². The van der Waals surface area contributed by atoms with Crippen LogP contribution in [0.5, 0.6) is 11.5 Å². The summed E-state index contributed by atoms with van der Waals surface area (Å²) in [5.74, 6) is 1.61. The third-order valence-corrected chi connectivity index (χ3v) is 6.64. The standard InChI is InChI=1S/C26H32N4O2/c1-3-29(4-2)23-12-13-28(18-23)16-22-17-30(15-20-8-6-5-7-9-20)27-26(22)21-10-11-24-25(14-21)32-19-31-24/h5-11,14,17,23H,3-4,12-13,15-16,18-19H2,1-2H3/t23-/m1/s1. The van der Waals surface area contributed by atoms with Gasteiger partial charge in [0.15, 0.2) is 11.5 Å². The molecule has 168 valence electrons. The van der Waals surface area contributed by atoms with E-state index in [1.54, 1.807) is 0 Å². The van der Waals surface area contributed by atoms with Gasteiger partial charge in [-0.2, -0.15) is 5.10 Å². The SMILES string of the molecule is CCN(CC)[C@@H]1CCN(Cc2cn(Cc3ccccc3)nc2-c2ccc3c(c2)OCO3)C1. The first-order chi connectivity index (χ1) is 15.7. The fourth-order valence-corrected chi connectivity index (χ4v) is 4.95. The molecule has 1 saturated heterocycles. The second-order valence-electron chi connectivity index (χ2n) is 8.65. The lowest BCUT2D eigenvalue weighted by atomic mass is 10.1. The molecule has 2 aliphatic heterocycles. The monoisotopic (exact) mass is 432 g/mol. The van der Waals surface area contributed by atoms with Gasteiger partial charge in [-0.1, -0.05) is 44.2 Å². The molecule has 0 saturated carbocycles.